The van der Waals surface area contributed by atoms with Gasteiger partial charge in [-0.15, -0.1) is 0 Å². The van der Waals surface area contributed by atoms with E-state index in [-0.39, 0.29) is 0 Å². The lowest BCUT2D eigenvalue weighted by molar-refractivity contribution is 1.13. The fourth-order valence-electron chi connectivity index (χ4n) is 0.861. The van der Waals surface area contributed by atoms with Crippen molar-refractivity contribution in [2.45, 2.75) is 26.7 Å². The van der Waals surface area contributed by atoms with Crippen LogP contribution in [0.15, 0.2) is 23.3 Å². The van der Waals surface area contributed by atoms with Crippen LogP contribution in [-0.2, 0) is 0 Å². The van der Waals surface area contributed by atoms with Gasteiger partial charge in [0.2, 0.25) is 0 Å². The van der Waals surface area contributed by atoms with Crippen LogP contribution in [0.25, 0.3) is 0 Å². The summed E-state index contributed by atoms with van der Waals surface area (Å²) in [4.78, 5) is 0. The normalized spacial score (nSPS) is 16.8. The van der Waals surface area contributed by atoms with Crippen molar-refractivity contribution in [1.82, 2.24) is 0 Å². The second kappa shape index (κ2) is 1.77. The third-order valence-corrected chi connectivity index (χ3v) is 1.69. The van der Waals surface area contributed by atoms with Crippen molar-refractivity contribution in [3.8, 4) is 0 Å². The third-order valence-electron chi connectivity index (χ3n) is 1.69. The van der Waals surface area contributed by atoms with E-state index < -0.39 is 0 Å². The summed E-state index contributed by atoms with van der Waals surface area (Å²) in [6.45, 7) is 8.26. The van der Waals surface area contributed by atoms with Gasteiger partial charge in [0.25, 0.3) is 0 Å². The molecule has 0 aromatic carbocycles. The first-order valence-corrected chi connectivity index (χ1v) is 3.12. The Morgan fingerprint density at radius 3 is 2.38 bits per heavy atom. The lowest BCUT2D eigenvalue weighted by atomic mass is 10.2. The van der Waals surface area contributed by atoms with Gasteiger partial charge in [0.15, 0.2) is 0 Å². The Kier molecular flexibility index (Phi) is 1.24. The monoisotopic (exact) mass is 108 g/mol. The molecule has 0 aliphatic heterocycles. The van der Waals surface area contributed by atoms with Gasteiger partial charge in [0.1, 0.15) is 0 Å². The molecule has 1 aliphatic carbocycles. The molecule has 1 rings (SSSR count). The molecule has 0 bridgehead atoms. The molecular formula is C8H12. The van der Waals surface area contributed by atoms with E-state index in [4.69, 9.17) is 0 Å². The van der Waals surface area contributed by atoms with Crippen molar-refractivity contribution in [1.29, 1.82) is 0 Å². The first kappa shape index (κ1) is 5.61. The van der Waals surface area contributed by atoms with Gasteiger partial charge < -0.3 is 0 Å². The van der Waals surface area contributed by atoms with Gasteiger partial charge in [-0.1, -0.05) is 24.6 Å². The second-order valence-corrected chi connectivity index (χ2v) is 2.39. The van der Waals surface area contributed by atoms with Gasteiger partial charge in [-0.2, -0.15) is 0 Å². The fourth-order valence-corrected chi connectivity index (χ4v) is 0.861. The van der Waals surface area contributed by atoms with Crippen LogP contribution in [0.2, 0.25) is 0 Å². The quantitative estimate of drug-likeness (QED) is 0.510. The third kappa shape index (κ3) is 0.835. The maximum Gasteiger partial charge on any atom is -0.00618 e. The molecule has 0 spiro atoms. The van der Waals surface area contributed by atoms with Gasteiger partial charge in [0, 0.05) is 0 Å². The molecule has 0 heterocycles. The molecule has 1 aliphatic rings. The van der Waals surface area contributed by atoms with Gasteiger partial charge in [-0.3, -0.25) is 0 Å². The van der Waals surface area contributed by atoms with E-state index in [1.807, 2.05) is 0 Å². The van der Waals surface area contributed by atoms with Gasteiger partial charge in [0.05, 0.1) is 0 Å². The minimum Gasteiger partial charge on any atom is -0.0956 e. The highest BCUT2D eigenvalue weighted by atomic mass is 14.2. The van der Waals surface area contributed by atoms with E-state index in [9.17, 15) is 0 Å². The van der Waals surface area contributed by atoms with E-state index in [2.05, 4.69) is 20.4 Å². The Morgan fingerprint density at radius 1 is 1.75 bits per heavy atom. The Labute approximate surface area is 50.9 Å². The summed E-state index contributed by atoms with van der Waals surface area (Å²) in [6, 6.07) is 0. The molecule has 0 N–H and O–H groups in total. The Morgan fingerprint density at radius 2 is 2.25 bits per heavy atom. The first-order valence-electron chi connectivity index (χ1n) is 3.12. The summed E-state index contributed by atoms with van der Waals surface area (Å²) in [7, 11) is 0. The van der Waals surface area contributed by atoms with Crippen LogP contribution in [0.3, 0.4) is 0 Å². The maximum atomic E-state index is 3.93. The zero-order valence-electron chi connectivity index (χ0n) is 5.62. The predicted molar refractivity (Wildman–Crippen MR) is 36.7 cm³/mol. The smallest absolute Gasteiger partial charge is 0.00618 e. The first-order chi connectivity index (χ1) is 3.75. The van der Waals surface area contributed by atoms with E-state index in [1.165, 1.54) is 23.1 Å². The molecule has 0 heteroatoms. The zero-order chi connectivity index (χ0) is 6.15. The van der Waals surface area contributed by atoms with Crippen LogP contribution in [0, 0.1) is 0 Å². The Hall–Kier alpha value is -0.520. The highest BCUT2D eigenvalue weighted by Gasteiger charge is 2.17. The SMILES string of the molecule is C=C(CC)C1=C(C)C1. The Bertz CT molecular complexity index is 149. The van der Waals surface area contributed by atoms with Crippen LogP contribution < -0.4 is 0 Å². The predicted octanol–water partition coefficient (Wildman–Crippen LogP) is 2.67. The molecular weight excluding hydrogens is 96.1 g/mol. The van der Waals surface area contributed by atoms with Crippen LogP contribution in [0.5, 0.6) is 0 Å². The van der Waals surface area contributed by atoms with Crippen LogP contribution in [0.1, 0.15) is 26.7 Å². The number of hydrogen-bond donors (Lipinski definition) is 0. The van der Waals surface area contributed by atoms with Gasteiger partial charge in [-0.05, 0) is 25.3 Å². The minimum absolute atomic E-state index is 1.12. The fraction of sp³-hybridized carbons (Fsp3) is 0.500. The summed E-state index contributed by atoms with van der Waals surface area (Å²) in [5.41, 5.74) is 4.40. The second-order valence-electron chi connectivity index (χ2n) is 2.39. The number of rotatable bonds is 2. The average Bonchev–Trinajstić information content (AvgIpc) is 2.45. The van der Waals surface area contributed by atoms with Crippen molar-refractivity contribution in [3.05, 3.63) is 23.3 Å². The molecule has 44 valence electrons. The van der Waals surface area contributed by atoms with Crippen molar-refractivity contribution < 1.29 is 0 Å². The molecule has 0 fully saturated rings. The van der Waals surface area contributed by atoms with Crippen LogP contribution in [0.4, 0.5) is 0 Å². The lowest BCUT2D eigenvalue weighted by Gasteiger charge is -1.88. The van der Waals surface area contributed by atoms with Gasteiger partial charge in [-0.25, -0.2) is 0 Å². The number of hydrogen-bond acceptors (Lipinski definition) is 0. The van der Waals surface area contributed by atoms with E-state index >= 15 is 0 Å². The highest BCUT2D eigenvalue weighted by Crippen LogP contribution is 2.36. The summed E-state index contributed by atoms with van der Waals surface area (Å²) >= 11 is 0. The summed E-state index contributed by atoms with van der Waals surface area (Å²) in [6.07, 6.45) is 2.35. The van der Waals surface area contributed by atoms with E-state index in [0.29, 0.717) is 0 Å². The summed E-state index contributed by atoms with van der Waals surface area (Å²) in [5, 5.41) is 0. The molecule has 0 saturated heterocycles. The number of allylic oxidation sites excluding steroid dienone is 3. The van der Waals surface area contributed by atoms with E-state index in [0.717, 1.165) is 6.42 Å². The highest BCUT2D eigenvalue weighted by molar-refractivity contribution is 5.47. The van der Waals surface area contributed by atoms with Crippen molar-refractivity contribution in [2.75, 3.05) is 0 Å². The molecule has 0 saturated carbocycles. The van der Waals surface area contributed by atoms with Crippen LogP contribution in [-0.4, -0.2) is 0 Å². The largest absolute Gasteiger partial charge is 0.0956 e. The summed E-state index contributed by atoms with van der Waals surface area (Å²) in [5.74, 6) is 0. The molecule has 0 unspecified atom stereocenters. The molecule has 0 nitrogen and oxygen atoms in total. The lowest BCUT2D eigenvalue weighted by Crippen LogP contribution is -1.69. The molecule has 0 aromatic heterocycles. The van der Waals surface area contributed by atoms with Gasteiger partial charge >= 0.3 is 0 Å². The van der Waals surface area contributed by atoms with Crippen molar-refractivity contribution in [3.63, 3.8) is 0 Å². The van der Waals surface area contributed by atoms with E-state index in [1.54, 1.807) is 0 Å². The molecule has 0 aromatic rings. The standard InChI is InChI=1S/C8H12/c1-4-6(2)8-5-7(8)3/h2,4-5H2,1,3H3. The van der Waals surface area contributed by atoms with Crippen LogP contribution >= 0.6 is 0 Å². The average molecular weight is 108 g/mol. The molecule has 0 radical (unpaired) electrons. The minimum atomic E-state index is 1.12. The Balaban J connectivity index is 2.51. The molecule has 8 heavy (non-hydrogen) atoms. The topological polar surface area (TPSA) is 0 Å². The van der Waals surface area contributed by atoms with Crippen molar-refractivity contribution >= 4 is 0 Å². The zero-order valence-corrected chi connectivity index (χ0v) is 5.62. The summed E-state index contributed by atoms with van der Waals surface area (Å²) < 4.78 is 0. The van der Waals surface area contributed by atoms with Crippen molar-refractivity contribution in [2.24, 2.45) is 0 Å². The molecule has 0 atom stereocenters. The molecule has 0 amide bonds. The maximum absolute atomic E-state index is 3.93.